The highest BCUT2D eigenvalue weighted by Crippen LogP contribution is 2.34. The molecule has 0 amide bonds. The van der Waals surface area contributed by atoms with E-state index in [2.05, 4.69) is 0 Å². The highest BCUT2D eigenvalue weighted by molar-refractivity contribution is 7.10. The Labute approximate surface area is 125 Å². The third-order valence-electron chi connectivity index (χ3n) is 2.73. The van der Waals surface area contributed by atoms with Gasteiger partial charge >= 0.3 is 0 Å². The van der Waals surface area contributed by atoms with Crippen LogP contribution < -0.4 is 5.73 Å². The van der Waals surface area contributed by atoms with Crippen molar-refractivity contribution in [1.82, 2.24) is 0 Å². The second-order valence-corrected chi connectivity index (χ2v) is 6.19. The fourth-order valence-corrected chi connectivity index (χ4v) is 3.47. The number of benzene rings is 1. The molecule has 0 saturated carbocycles. The van der Waals surface area contributed by atoms with Gasteiger partial charge in [-0.15, -0.1) is 11.3 Å². The smallest absolute Gasteiger partial charge is 0.0624 e. The predicted molar refractivity (Wildman–Crippen MR) is 81.2 cm³/mol. The van der Waals surface area contributed by atoms with Crippen molar-refractivity contribution in [1.29, 1.82) is 0 Å². The van der Waals surface area contributed by atoms with Crippen LogP contribution in [0.15, 0.2) is 23.6 Å². The number of thiophene rings is 1. The van der Waals surface area contributed by atoms with Gasteiger partial charge in [-0.3, -0.25) is 0 Å². The van der Waals surface area contributed by atoms with Crippen LogP contribution in [0, 0.1) is 6.92 Å². The van der Waals surface area contributed by atoms with E-state index in [-0.39, 0.29) is 6.04 Å². The summed E-state index contributed by atoms with van der Waals surface area (Å²) in [4.78, 5) is 0.991. The average molecular weight is 321 g/mol. The van der Waals surface area contributed by atoms with Gasteiger partial charge in [0.1, 0.15) is 0 Å². The molecule has 0 radical (unpaired) electrons. The minimum absolute atomic E-state index is 0.160. The molecule has 2 aromatic rings. The highest BCUT2D eigenvalue weighted by Gasteiger charge is 2.16. The average Bonchev–Trinajstić information content (AvgIpc) is 2.66. The van der Waals surface area contributed by atoms with E-state index in [9.17, 15) is 0 Å². The van der Waals surface area contributed by atoms with Crippen molar-refractivity contribution in [2.75, 3.05) is 0 Å². The molecule has 18 heavy (non-hydrogen) atoms. The quantitative estimate of drug-likeness (QED) is 0.820. The Morgan fingerprint density at radius 3 is 2.56 bits per heavy atom. The van der Waals surface area contributed by atoms with E-state index >= 15 is 0 Å². The fraction of sp³-hybridized carbons (Fsp3) is 0.231. The Morgan fingerprint density at radius 2 is 1.94 bits per heavy atom. The number of nitrogens with two attached hydrogens (primary N) is 1. The van der Waals surface area contributed by atoms with Crippen molar-refractivity contribution in [2.24, 2.45) is 5.73 Å². The molecule has 0 spiro atoms. The molecule has 0 fully saturated rings. The molecule has 0 aliphatic carbocycles. The van der Waals surface area contributed by atoms with Crippen LogP contribution in [0.4, 0.5) is 0 Å². The van der Waals surface area contributed by atoms with Gasteiger partial charge in [-0.25, -0.2) is 0 Å². The van der Waals surface area contributed by atoms with Crippen LogP contribution in [0.5, 0.6) is 0 Å². The standard InChI is InChI=1S/C13H12Cl3NS/c1-7-6-18-13(11(7)15)10(17)5-8-3-2-4-9(14)12(8)16/h2-4,6,10H,5,17H2,1H3. The molecule has 1 aromatic heterocycles. The predicted octanol–water partition coefficient (Wildman–Crippen LogP) is 5.26. The summed E-state index contributed by atoms with van der Waals surface area (Å²) in [6.45, 7) is 1.97. The molecule has 1 nitrogen and oxygen atoms in total. The van der Waals surface area contributed by atoms with Gasteiger partial charge in [-0.2, -0.15) is 0 Å². The Balaban J connectivity index is 2.24. The molecule has 1 heterocycles. The number of aryl methyl sites for hydroxylation is 1. The van der Waals surface area contributed by atoms with E-state index in [1.807, 2.05) is 24.4 Å². The van der Waals surface area contributed by atoms with Crippen molar-refractivity contribution in [2.45, 2.75) is 19.4 Å². The monoisotopic (exact) mass is 319 g/mol. The Kier molecular flexibility index (Phi) is 4.57. The lowest BCUT2D eigenvalue weighted by molar-refractivity contribution is 0.736. The SMILES string of the molecule is Cc1csc(C(N)Cc2cccc(Cl)c2Cl)c1Cl. The lowest BCUT2D eigenvalue weighted by Crippen LogP contribution is -2.12. The van der Waals surface area contributed by atoms with Gasteiger partial charge in [0.25, 0.3) is 0 Å². The first-order chi connectivity index (χ1) is 8.50. The fourth-order valence-electron chi connectivity index (χ4n) is 1.74. The second-order valence-electron chi connectivity index (χ2n) is 4.12. The molecule has 0 aliphatic heterocycles. The molecule has 1 unspecified atom stereocenters. The van der Waals surface area contributed by atoms with Gasteiger partial charge in [0.15, 0.2) is 0 Å². The molecule has 2 rings (SSSR count). The molecule has 0 saturated heterocycles. The lowest BCUT2D eigenvalue weighted by Gasteiger charge is -2.12. The second kappa shape index (κ2) is 5.81. The van der Waals surface area contributed by atoms with Gasteiger partial charge < -0.3 is 5.73 Å². The van der Waals surface area contributed by atoms with Crippen molar-refractivity contribution in [3.8, 4) is 0 Å². The maximum Gasteiger partial charge on any atom is 0.0624 e. The van der Waals surface area contributed by atoms with Crippen molar-refractivity contribution in [3.05, 3.63) is 54.7 Å². The lowest BCUT2D eigenvalue weighted by atomic mass is 10.0. The topological polar surface area (TPSA) is 26.0 Å². The van der Waals surface area contributed by atoms with Crippen molar-refractivity contribution in [3.63, 3.8) is 0 Å². The number of hydrogen-bond acceptors (Lipinski definition) is 2. The molecular formula is C13H12Cl3NS. The van der Waals surface area contributed by atoms with Crippen LogP contribution in [0.2, 0.25) is 15.1 Å². The Morgan fingerprint density at radius 1 is 1.22 bits per heavy atom. The Hall–Kier alpha value is -0.250. The zero-order valence-corrected chi connectivity index (χ0v) is 12.8. The van der Waals surface area contributed by atoms with Crippen LogP contribution >= 0.6 is 46.1 Å². The van der Waals surface area contributed by atoms with Gasteiger partial charge in [0, 0.05) is 10.9 Å². The van der Waals surface area contributed by atoms with Crippen molar-refractivity contribution < 1.29 is 0 Å². The van der Waals surface area contributed by atoms with E-state index in [1.54, 1.807) is 17.4 Å². The molecule has 0 bridgehead atoms. The first-order valence-electron chi connectivity index (χ1n) is 5.42. The molecule has 1 atom stereocenters. The van der Waals surface area contributed by atoms with Crippen LogP contribution in [0.3, 0.4) is 0 Å². The summed E-state index contributed by atoms with van der Waals surface area (Å²) >= 11 is 19.9. The largest absolute Gasteiger partial charge is 0.323 e. The van der Waals surface area contributed by atoms with E-state index < -0.39 is 0 Å². The van der Waals surface area contributed by atoms with Gasteiger partial charge in [-0.1, -0.05) is 46.9 Å². The van der Waals surface area contributed by atoms with E-state index in [0.717, 1.165) is 21.0 Å². The van der Waals surface area contributed by atoms with E-state index in [1.165, 1.54) is 0 Å². The first kappa shape index (κ1) is 14.2. The molecule has 96 valence electrons. The third kappa shape index (κ3) is 2.84. The summed E-state index contributed by atoms with van der Waals surface area (Å²) in [5.74, 6) is 0. The maximum atomic E-state index is 6.21. The summed E-state index contributed by atoms with van der Waals surface area (Å²) in [6, 6.07) is 5.41. The van der Waals surface area contributed by atoms with Crippen LogP contribution in [0.25, 0.3) is 0 Å². The third-order valence-corrected chi connectivity index (χ3v) is 5.44. The van der Waals surface area contributed by atoms with Gasteiger partial charge in [0.05, 0.1) is 15.1 Å². The summed E-state index contributed by atoms with van der Waals surface area (Å²) in [6.07, 6.45) is 0.624. The van der Waals surface area contributed by atoms with Crippen molar-refractivity contribution >= 4 is 46.1 Å². The summed E-state index contributed by atoms with van der Waals surface area (Å²) in [7, 11) is 0. The van der Waals surface area contributed by atoms with Gasteiger partial charge in [0.2, 0.25) is 0 Å². The summed E-state index contributed by atoms with van der Waals surface area (Å²) < 4.78 is 0. The zero-order valence-electron chi connectivity index (χ0n) is 9.71. The number of hydrogen-bond donors (Lipinski definition) is 1. The van der Waals surface area contributed by atoms with Crippen LogP contribution in [-0.4, -0.2) is 0 Å². The minimum Gasteiger partial charge on any atom is -0.323 e. The molecule has 0 aliphatic rings. The molecule has 2 N–H and O–H groups in total. The maximum absolute atomic E-state index is 6.21. The Bertz CT molecular complexity index is 565. The first-order valence-corrected chi connectivity index (χ1v) is 7.44. The molecule has 5 heteroatoms. The molecular weight excluding hydrogens is 309 g/mol. The normalized spacial score (nSPS) is 12.7. The van der Waals surface area contributed by atoms with Crippen LogP contribution in [-0.2, 0) is 6.42 Å². The van der Waals surface area contributed by atoms with E-state index in [0.29, 0.717) is 16.5 Å². The van der Waals surface area contributed by atoms with Crippen LogP contribution in [0.1, 0.15) is 22.0 Å². The zero-order chi connectivity index (χ0) is 13.3. The van der Waals surface area contributed by atoms with E-state index in [4.69, 9.17) is 40.5 Å². The summed E-state index contributed by atoms with van der Waals surface area (Å²) in [5.41, 5.74) is 8.19. The number of rotatable bonds is 3. The summed E-state index contributed by atoms with van der Waals surface area (Å²) in [5, 5.41) is 3.89. The number of halogens is 3. The minimum atomic E-state index is -0.160. The highest BCUT2D eigenvalue weighted by atomic mass is 35.5. The van der Waals surface area contributed by atoms with Gasteiger partial charge in [-0.05, 0) is 35.9 Å². The molecule has 1 aromatic carbocycles.